The molecule has 1 N–H and O–H groups in total. The van der Waals surface area contributed by atoms with Crippen molar-refractivity contribution in [1.82, 2.24) is 0 Å². The van der Waals surface area contributed by atoms with Gasteiger partial charge in [0.25, 0.3) is 0 Å². The van der Waals surface area contributed by atoms with Crippen LogP contribution in [0.4, 0.5) is 0 Å². The molecule has 0 aliphatic rings. The lowest BCUT2D eigenvalue weighted by Crippen LogP contribution is -2.35. The Balaban J connectivity index is 0.000000396. The minimum absolute atomic E-state index is 0.0846. The standard InChI is InChI=1S/C17H15NO2.C8H18O/c18-13-7-12-17(20,15-10-5-2-6-11-15)16(19)14-8-3-1-4-9-14;1-3-5-7-9-8-6-4-2/h1-6,8-11,20H,7,12H2;3-8H2,1-2H3. The first-order chi connectivity index (χ1) is 14.1. The number of hydrogen-bond acceptors (Lipinski definition) is 4. The molecule has 29 heavy (non-hydrogen) atoms. The number of carbonyl (C=O) groups is 1. The number of nitriles is 1. The molecule has 1 unspecified atom stereocenters. The highest BCUT2D eigenvalue weighted by molar-refractivity contribution is 6.02. The molecular formula is C25H33NO3. The van der Waals surface area contributed by atoms with E-state index in [4.69, 9.17) is 10.00 Å². The van der Waals surface area contributed by atoms with Crippen LogP contribution in [0.3, 0.4) is 0 Å². The van der Waals surface area contributed by atoms with Gasteiger partial charge in [-0.2, -0.15) is 5.26 Å². The first kappa shape index (κ1) is 24.6. The highest BCUT2D eigenvalue weighted by Gasteiger charge is 2.37. The number of ketones is 1. The van der Waals surface area contributed by atoms with Gasteiger partial charge in [-0.15, -0.1) is 0 Å². The van der Waals surface area contributed by atoms with Gasteiger partial charge >= 0.3 is 0 Å². The third-order valence-corrected chi connectivity index (χ3v) is 4.55. The van der Waals surface area contributed by atoms with E-state index in [1.54, 1.807) is 48.5 Å². The van der Waals surface area contributed by atoms with Crippen LogP contribution in [0.15, 0.2) is 60.7 Å². The molecule has 0 aliphatic heterocycles. The average molecular weight is 396 g/mol. The molecule has 0 aliphatic carbocycles. The lowest BCUT2D eigenvalue weighted by atomic mass is 9.82. The molecule has 2 aromatic rings. The minimum Gasteiger partial charge on any atom is -0.381 e. The lowest BCUT2D eigenvalue weighted by molar-refractivity contribution is 0.0258. The SMILES string of the molecule is CCCCOCCCC.N#CCCC(O)(C(=O)c1ccccc1)c1ccccc1. The van der Waals surface area contributed by atoms with Gasteiger partial charge in [0, 0.05) is 31.6 Å². The summed E-state index contributed by atoms with van der Waals surface area (Å²) in [4.78, 5) is 12.6. The molecule has 0 radical (unpaired) electrons. The zero-order chi connectivity index (χ0) is 21.4. The maximum Gasteiger partial charge on any atom is 0.198 e. The van der Waals surface area contributed by atoms with Crippen LogP contribution in [-0.2, 0) is 10.3 Å². The number of unbranched alkanes of at least 4 members (excludes halogenated alkanes) is 2. The normalized spacial score (nSPS) is 12.2. The van der Waals surface area contributed by atoms with Crippen molar-refractivity contribution in [2.75, 3.05) is 13.2 Å². The number of benzene rings is 2. The molecule has 0 bridgehead atoms. The smallest absolute Gasteiger partial charge is 0.198 e. The van der Waals surface area contributed by atoms with E-state index in [-0.39, 0.29) is 18.6 Å². The van der Waals surface area contributed by atoms with E-state index >= 15 is 0 Å². The summed E-state index contributed by atoms with van der Waals surface area (Å²) in [6.45, 7) is 6.28. The summed E-state index contributed by atoms with van der Waals surface area (Å²) in [7, 11) is 0. The fraction of sp³-hybridized carbons (Fsp3) is 0.440. The van der Waals surface area contributed by atoms with Crippen LogP contribution in [0.1, 0.15) is 68.3 Å². The Morgan fingerprint density at radius 2 is 1.48 bits per heavy atom. The number of ether oxygens (including phenoxy) is 1. The van der Waals surface area contributed by atoms with Crippen molar-refractivity contribution in [3.63, 3.8) is 0 Å². The van der Waals surface area contributed by atoms with E-state index in [9.17, 15) is 9.90 Å². The summed E-state index contributed by atoms with van der Waals surface area (Å²) >= 11 is 0. The van der Waals surface area contributed by atoms with Crippen LogP contribution in [0.2, 0.25) is 0 Å². The van der Waals surface area contributed by atoms with Crippen LogP contribution in [0, 0.1) is 11.3 Å². The summed E-state index contributed by atoms with van der Waals surface area (Å²) in [5.74, 6) is -0.375. The number of hydrogen-bond donors (Lipinski definition) is 1. The van der Waals surface area contributed by atoms with E-state index in [1.165, 1.54) is 25.7 Å². The fourth-order valence-electron chi connectivity index (χ4n) is 2.76. The van der Waals surface area contributed by atoms with Gasteiger partial charge in [-0.25, -0.2) is 0 Å². The van der Waals surface area contributed by atoms with E-state index in [0.717, 1.165) is 13.2 Å². The molecule has 0 spiro atoms. The summed E-state index contributed by atoms with van der Waals surface area (Å²) < 4.78 is 5.31. The first-order valence-electron chi connectivity index (χ1n) is 10.4. The fourth-order valence-corrected chi connectivity index (χ4v) is 2.76. The van der Waals surface area contributed by atoms with Crippen molar-refractivity contribution >= 4 is 5.78 Å². The highest BCUT2D eigenvalue weighted by atomic mass is 16.5. The largest absolute Gasteiger partial charge is 0.381 e. The van der Waals surface area contributed by atoms with Crippen LogP contribution >= 0.6 is 0 Å². The Labute approximate surface area is 175 Å². The second-order valence-electron chi connectivity index (χ2n) is 6.90. The summed E-state index contributed by atoms with van der Waals surface area (Å²) in [6, 6.07) is 19.4. The lowest BCUT2D eigenvalue weighted by Gasteiger charge is -2.26. The van der Waals surface area contributed by atoms with Gasteiger partial charge in [-0.1, -0.05) is 87.4 Å². The number of carbonyl (C=O) groups excluding carboxylic acids is 1. The molecule has 0 saturated heterocycles. The number of Topliss-reactive ketones (excluding diaryl/α,β-unsaturated/α-hetero) is 1. The molecule has 2 rings (SSSR count). The maximum absolute atomic E-state index is 12.6. The van der Waals surface area contributed by atoms with Gasteiger partial charge in [-0.05, 0) is 18.4 Å². The number of nitrogens with zero attached hydrogens (tertiary/aromatic N) is 1. The van der Waals surface area contributed by atoms with Gasteiger partial charge in [0.15, 0.2) is 11.4 Å². The van der Waals surface area contributed by atoms with Crippen LogP contribution in [0.5, 0.6) is 0 Å². The molecule has 2 aromatic carbocycles. The second kappa shape index (κ2) is 14.5. The monoisotopic (exact) mass is 395 g/mol. The zero-order valence-electron chi connectivity index (χ0n) is 17.6. The third kappa shape index (κ3) is 8.60. The van der Waals surface area contributed by atoms with Gasteiger partial charge < -0.3 is 9.84 Å². The quantitative estimate of drug-likeness (QED) is 0.393. The van der Waals surface area contributed by atoms with Gasteiger partial charge in [-0.3, -0.25) is 4.79 Å². The Bertz CT molecular complexity index is 719. The zero-order valence-corrected chi connectivity index (χ0v) is 17.6. The minimum atomic E-state index is -1.65. The summed E-state index contributed by atoms with van der Waals surface area (Å²) in [5.41, 5.74) is -0.695. The number of rotatable bonds is 11. The van der Waals surface area contributed by atoms with Crippen LogP contribution < -0.4 is 0 Å². The van der Waals surface area contributed by atoms with E-state index < -0.39 is 5.60 Å². The topological polar surface area (TPSA) is 70.3 Å². The summed E-state index contributed by atoms with van der Waals surface area (Å²) in [6.07, 6.45) is 5.11. The molecule has 0 saturated carbocycles. The van der Waals surface area contributed by atoms with E-state index in [1.807, 2.05) is 18.2 Å². The van der Waals surface area contributed by atoms with Crippen molar-refractivity contribution in [2.24, 2.45) is 0 Å². The number of aliphatic hydroxyl groups is 1. The van der Waals surface area contributed by atoms with Crippen LogP contribution in [0.25, 0.3) is 0 Å². The summed E-state index contributed by atoms with van der Waals surface area (Å²) in [5, 5.41) is 19.6. The van der Waals surface area contributed by atoms with E-state index in [2.05, 4.69) is 13.8 Å². The van der Waals surface area contributed by atoms with Crippen molar-refractivity contribution in [3.05, 3.63) is 71.8 Å². The molecule has 4 nitrogen and oxygen atoms in total. The van der Waals surface area contributed by atoms with Crippen molar-refractivity contribution in [1.29, 1.82) is 5.26 Å². The molecule has 156 valence electrons. The Hall–Kier alpha value is -2.48. The Morgan fingerprint density at radius 1 is 0.966 bits per heavy atom. The van der Waals surface area contributed by atoms with Gasteiger partial charge in [0.2, 0.25) is 0 Å². The van der Waals surface area contributed by atoms with Gasteiger partial charge in [0.1, 0.15) is 0 Å². The molecule has 4 heteroatoms. The van der Waals surface area contributed by atoms with Crippen molar-refractivity contribution in [3.8, 4) is 6.07 Å². The Morgan fingerprint density at radius 3 is 1.97 bits per heavy atom. The molecule has 1 atom stereocenters. The first-order valence-corrected chi connectivity index (χ1v) is 10.4. The molecule has 0 amide bonds. The highest BCUT2D eigenvalue weighted by Crippen LogP contribution is 2.30. The Kier molecular flexibility index (Phi) is 12.3. The average Bonchev–Trinajstić information content (AvgIpc) is 2.78. The molecular weight excluding hydrogens is 362 g/mol. The predicted octanol–water partition coefficient (Wildman–Crippen LogP) is 5.66. The second-order valence-corrected chi connectivity index (χ2v) is 6.90. The molecule has 0 heterocycles. The van der Waals surface area contributed by atoms with Crippen LogP contribution in [-0.4, -0.2) is 24.1 Å². The molecule has 0 aromatic heterocycles. The molecule has 0 fully saturated rings. The van der Waals surface area contributed by atoms with Crippen molar-refractivity contribution in [2.45, 2.75) is 58.0 Å². The maximum atomic E-state index is 12.6. The van der Waals surface area contributed by atoms with Gasteiger partial charge in [0.05, 0.1) is 6.07 Å². The third-order valence-electron chi connectivity index (χ3n) is 4.55. The van der Waals surface area contributed by atoms with E-state index in [0.29, 0.717) is 11.1 Å². The van der Waals surface area contributed by atoms with Crippen molar-refractivity contribution < 1.29 is 14.6 Å². The predicted molar refractivity (Wildman–Crippen MR) is 117 cm³/mol.